The number of hydrogen-bond acceptors (Lipinski definition) is 9. The molecule has 0 spiro atoms. The van der Waals surface area contributed by atoms with Gasteiger partial charge < -0.3 is 0 Å². The van der Waals surface area contributed by atoms with Gasteiger partial charge in [-0.05, 0) is 78.6 Å². The SMILES string of the molecule is CC(CCCCn1c(=O)n(CCCCC(C)N=C=O)c(=O)n(CCCCC(C)N=C=O)c1=O)N=C=O. The minimum Gasteiger partial charge on any atom is -0.247 e. The number of carbonyl (C=O) groups excluding carboxylic acids is 3. The van der Waals surface area contributed by atoms with E-state index in [1.165, 1.54) is 18.2 Å². The van der Waals surface area contributed by atoms with Crippen LogP contribution in [-0.2, 0) is 34.0 Å². The maximum absolute atomic E-state index is 13.0. The summed E-state index contributed by atoms with van der Waals surface area (Å²) in [4.78, 5) is 81.1. The first-order valence-corrected chi connectivity index (χ1v) is 12.4. The van der Waals surface area contributed by atoms with E-state index in [0.717, 1.165) is 13.7 Å². The average molecular weight is 505 g/mol. The third kappa shape index (κ3) is 10.4. The number of rotatable bonds is 18. The summed E-state index contributed by atoms with van der Waals surface area (Å²) >= 11 is 0. The van der Waals surface area contributed by atoms with E-state index in [0.29, 0.717) is 57.8 Å². The molecule has 0 radical (unpaired) electrons. The lowest BCUT2D eigenvalue weighted by atomic mass is 10.1. The molecule has 3 unspecified atom stereocenters. The second kappa shape index (κ2) is 17.1. The van der Waals surface area contributed by atoms with Gasteiger partial charge in [-0.25, -0.2) is 57.4 Å². The van der Waals surface area contributed by atoms with Crippen LogP contribution in [0.2, 0.25) is 0 Å². The number of isocyanates is 3. The maximum Gasteiger partial charge on any atom is 0.336 e. The number of nitrogens with zero attached hydrogens (tertiary/aromatic N) is 6. The zero-order valence-corrected chi connectivity index (χ0v) is 21.4. The number of aliphatic imine (C=N–C) groups is 3. The lowest BCUT2D eigenvalue weighted by Crippen LogP contribution is -2.54. The number of aromatic nitrogens is 3. The van der Waals surface area contributed by atoms with Crippen molar-refractivity contribution in [3.05, 3.63) is 31.5 Å². The smallest absolute Gasteiger partial charge is 0.247 e. The van der Waals surface area contributed by atoms with E-state index < -0.39 is 17.1 Å². The number of unbranched alkanes of at least 4 members (excludes halogenated alkanes) is 3. The Morgan fingerprint density at radius 1 is 0.528 bits per heavy atom. The van der Waals surface area contributed by atoms with Gasteiger partial charge in [-0.2, -0.15) is 0 Å². The predicted octanol–water partition coefficient (Wildman–Crippen LogP) is 1.86. The molecule has 0 fully saturated rings. The Kier molecular flexibility index (Phi) is 14.5. The Labute approximate surface area is 209 Å². The van der Waals surface area contributed by atoms with E-state index in [-0.39, 0.29) is 37.8 Å². The Morgan fingerprint density at radius 2 is 0.778 bits per heavy atom. The molecular weight excluding hydrogens is 468 g/mol. The molecule has 0 N–H and O–H groups in total. The van der Waals surface area contributed by atoms with Crippen molar-refractivity contribution in [2.24, 2.45) is 15.0 Å². The molecule has 1 aromatic heterocycles. The second-order valence-electron chi connectivity index (χ2n) is 9.00. The van der Waals surface area contributed by atoms with Crippen molar-refractivity contribution >= 4 is 18.2 Å². The normalized spacial score (nSPS) is 13.1. The van der Waals surface area contributed by atoms with Gasteiger partial charge in [0.2, 0.25) is 18.2 Å². The molecule has 0 saturated heterocycles. The molecule has 12 heteroatoms. The van der Waals surface area contributed by atoms with E-state index in [9.17, 15) is 28.8 Å². The molecular formula is C24H36N6O6. The zero-order chi connectivity index (χ0) is 26.9. The largest absolute Gasteiger partial charge is 0.336 e. The van der Waals surface area contributed by atoms with Crippen molar-refractivity contribution in [1.82, 2.24) is 13.7 Å². The van der Waals surface area contributed by atoms with Crippen LogP contribution in [0.4, 0.5) is 0 Å². The lowest BCUT2D eigenvalue weighted by Gasteiger charge is -2.14. The molecule has 12 nitrogen and oxygen atoms in total. The summed E-state index contributed by atoms with van der Waals surface area (Å²) in [6.07, 6.45) is 9.84. The van der Waals surface area contributed by atoms with Crippen LogP contribution in [0, 0.1) is 0 Å². The van der Waals surface area contributed by atoms with Crippen LogP contribution in [0.15, 0.2) is 29.4 Å². The van der Waals surface area contributed by atoms with Crippen molar-refractivity contribution < 1.29 is 14.4 Å². The van der Waals surface area contributed by atoms with Crippen molar-refractivity contribution in [3.63, 3.8) is 0 Å². The summed E-state index contributed by atoms with van der Waals surface area (Å²) in [6, 6.07) is -0.579. The Balaban J connectivity index is 3.06. The fourth-order valence-corrected chi connectivity index (χ4v) is 3.85. The van der Waals surface area contributed by atoms with E-state index in [4.69, 9.17) is 0 Å². The van der Waals surface area contributed by atoms with Crippen LogP contribution in [0.1, 0.15) is 78.6 Å². The molecule has 0 aliphatic carbocycles. The summed E-state index contributed by atoms with van der Waals surface area (Å²) in [7, 11) is 0. The first kappa shape index (κ1) is 30.6. The fourth-order valence-electron chi connectivity index (χ4n) is 3.85. The average Bonchev–Trinajstić information content (AvgIpc) is 2.83. The highest BCUT2D eigenvalue weighted by molar-refractivity contribution is 5.33. The topological polar surface area (TPSA) is 154 Å². The zero-order valence-electron chi connectivity index (χ0n) is 21.4. The van der Waals surface area contributed by atoms with Crippen LogP contribution < -0.4 is 17.1 Å². The number of hydrogen-bond donors (Lipinski definition) is 0. The molecule has 1 heterocycles. The van der Waals surface area contributed by atoms with E-state index >= 15 is 0 Å². The fraction of sp³-hybridized carbons (Fsp3) is 0.750. The highest BCUT2D eigenvalue weighted by Crippen LogP contribution is 2.06. The van der Waals surface area contributed by atoms with Gasteiger partial charge in [0, 0.05) is 19.6 Å². The quantitative estimate of drug-likeness (QED) is 0.169. The van der Waals surface area contributed by atoms with E-state index in [2.05, 4.69) is 15.0 Å². The molecule has 0 amide bonds. The summed E-state index contributed by atoms with van der Waals surface area (Å²) in [5.74, 6) is 0. The third-order valence-electron chi connectivity index (χ3n) is 5.97. The molecule has 1 rings (SSSR count). The molecule has 1 aromatic rings. The van der Waals surface area contributed by atoms with Gasteiger partial charge in [0.1, 0.15) is 0 Å². The summed E-state index contributed by atoms with van der Waals surface area (Å²) in [5, 5.41) is 0. The maximum atomic E-state index is 13.0. The first-order valence-electron chi connectivity index (χ1n) is 12.4. The predicted molar refractivity (Wildman–Crippen MR) is 134 cm³/mol. The minimum absolute atomic E-state index is 0.144. The molecule has 0 aliphatic heterocycles. The monoisotopic (exact) mass is 504 g/mol. The third-order valence-corrected chi connectivity index (χ3v) is 5.97. The molecule has 0 bridgehead atoms. The highest BCUT2D eigenvalue weighted by atomic mass is 16.2. The molecule has 198 valence electrons. The first-order chi connectivity index (χ1) is 17.3. The Morgan fingerprint density at radius 3 is 1.00 bits per heavy atom. The minimum atomic E-state index is -0.645. The molecule has 0 aliphatic rings. The van der Waals surface area contributed by atoms with Gasteiger partial charge in [-0.1, -0.05) is 0 Å². The van der Waals surface area contributed by atoms with Crippen molar-refractivity contribution in [3.8, 4) is 0 Å². The van der Waals surface area contributed by atoms with Gasteiger partial charge in [0.25, 0.3) is 0 Å². The van der Waals surface area contributed by atoms with Gasteiger partial charge in [0.15, 0.2) is 0 Å². The van der Waals surface area contributed by atoms with Crippen molar-refractivity contribution in [2.75, 3.05) is 0 Å². The molecule has 36 heavy (non-hydrogen) atoms. The van der Waals surface area contributed by atoms with Gasteiger partial charge in [-0.3, -0.25) is 0 Å². The Hall–Kier alpha value is -3.45. The van der Waals surface area contributed by atoms with Crippen LogP contribution in [0.3, 0.4) is 0 Å². The molecule has 0 saturated carbocycles. The summed E-state index contributed by atoms with van der Waals surface area (Å²) < 4.78 is 3.27. The van der Waals surface area contributed by atoms with Crippen LogP contribution in [0.25, 0.3) is 0 Å². The molecule has 0 aromatic carbocycles. The van der Waals surface area contributed by atoms with E-state index in [1.54, 1.807) is 20.8 Å². The summed E-state index contributed by atoms with van der Waals surface area (Å²) in [5.41, 5.74) is -1.94. The van der Waals surface area contributed by atoms with Gasteiger partial charge in [-0.15, -0.1) is 0 Å². The van der Waals surface area contributed by atoms with Crippen molar-refractivity contribution in [1.29, 1.82) is 0 Å². The highest BCUT2D eigenvalue weighted by Gasteiger charge is 2.15. The van der Waals surface area contributed by atoms with Crippen LogP contribution in [0.5, 0.6) is 0 Å². The standard InChI is InChI=1S/C24H36N6O6/c1-19(25-16-31)10-4-7-13-28-22(34)29(14-8-5-11-20(2)26-17-32)24(36)30(23(28)35)15-9-6-12-21(3)27-18-33/h19-21H,4-15H2,1-3H3. The van der Waals surface area contributed by atoms with Crippen molar-refractivity contribution in [2.45, 2.75) is 116 Å². The molecule has 3 atom stereocenters. The lowest BCUT2D eigenvalue weighted by molar-refractivity contribution is 0.409. The van der Waals surface area contributed by atoms with Crippen LogP contribution >= 0.6 is 0 Å². The van der Waals surface area contributed by atoms with Crippen LogP contribution in [-0.4, -0.2) is 50.1 Å². The summed E-state index contributed by atoms with van der Waals surface area (Å²) in [6.45, 7) is 5.79. The Bertz CT molecular complexity index is 976. The second-order valence-corrected chi connectivity index (χ2v) is 9.00. The van der Waals surface area contributed by atoms with E-state index in [1.807, 2.05) is 0 Å². The van der Waals surface area contributed by atoms with Gasteiger partial charge >= 0.3 is 17.1 Å². The van der Waals surface area contributed by atoms with Gasteiger partial charge in [0.05, 0.1) is 18.1 Å².